The number of unbranched alkanes of at least 4 members (excludes halogenated alkanes) is 10. The molecule has 0 spiro atoms. The second kappa shape index (κ2) is 18.2. The molecule has 0 aromatic rings. The average Bonchev–Trinajstić information content (AvgIpc) is 2.63. The van der Waals surface area contributed by atoms with Crippen LogP contribution in [0.1, 0.15) is 104 Å². The molecular formula is C21H42O4. The van der Waals surface area contributed by atoms with Crippen molar-refractivity contribution in [3.8, 4) is 0 Å². The van der Waals surface area contributed by atoms with Crippen molar-refractivity contribution in [1.29, 1.82) is 0 Å². The quantitative estimate of drug-likeness (QED) is 0.267. The van der Waals surface area contributed by atoms with Crippen LogP contribution in [0.4, 0.5) is 0 Å². The molecular weight excluding hydrogens is 316 g/mol. The van der Waals surface area contributed by atoms with Gasteiger partial charge in [0, 0.05) is 0 Å². The fourth-order valence-corrected chi connectivity index (χ4v) is 3.11. The third-order valence-corrected chi connectivity index (χ3v) is 4.84. The van der Waals surface area contributed by atoms with Gasteiger partial charge < -0.3 is 14.9 Å². The van der Waals surface area contributed by atoms with Crippen LogP contribution in [0.3, 0.4) is 0 Å². The molecule has 4 nitrogen and oxygen atoms in total. The van der Waals surface area contributed by atoms with E-state index in [-0.39, 0.29) is 0 Å². The van der Waals surface area contributed by atoms with E-state index in [1.54, 1.807) is 0 Å². The topological polar surface area (TPSA) is 66.8 Å². The number of ether oxygens (including phenoxy) is 1. The zero-order valence-corrected chi connectivity index (χ0v) is 16.7. The van der Waals surface area contributed by atoms with Gasteiger partial charge in [-0.25, -0.2) is 4.79 Å². The van der Waals surface area contributed by atoms with E-state index >= 15 is 0 Å². The lowest BCUT2D eigenvalue weighted by Gasteiger charge is -2.18. The first kappa shape index (κ1) is 24.4. The van der Waals surface area contributed by atoms with Crippen molar-refractivity contribution in [3.63, 3.8) is 0 Å². The van der Waals surface area contributed by atoms with Crippen LogP contribution in [0.2, 0.25) is 0 Å². The van der Waals surface area contributed by atoms with Crippen LogP contribution in [0.15, 0.2) is 0 Å². The van der Waals surface area contributed by atoms with E-state index in [9.17, 15) is 9.90 Å². The fraction of sp³-hybridized carbons (Fsp3) is 0.952. The van der Waals surface area contributed by atoms with Gasteiger partial charge in [-0.05, 0) is 18.8 Å². The van der Waals surface area contributed by atoms with Crippen LogP contribution in [0.25, 0.3) is 0 Å². The Balaban J connectivity index is 3.99. The van der Waals surface area contributed by atoms with Crippen molar-refractivity contribution < 1.29 is 19.7 Å². The molecule has 0 bridgehead atoms. The summed E-state index contributed by atoms with van der Waals surface area (Å²) in [5.74, 6) is -0.315. The molecule has 2 N–H and O–H groups in total. The molecule has 0 aliphatic heterocycles. The van der Waals surface area contributed by atoms with E-state index in [4.69, 9.17) is 9.84 Å². The first-order chi connectivity index (χ1) is 12.2. The Labute approximate surface area is 155 Å². The molecule has 0 saturated heterocycles. The largest absolute Gasteiger partial charge is 0.463 e. The van der Waals surface area contributed by atoms with E-state index in [1.807, 2.05) is 0 Å². The highest BCUT2D eigenvalue weighted by atomic mass is 16.5. The van der Waals surface area contributed by atoms with Crippen LogP contribution in [0, 0.1) is 5.92 Å². The van der Waals surface area contributed by atoms with Crippen LogP contribution >= 0.6 is 0 Å². The summed E-state index contributed by atoms with van der Waals surface area (Å²) in [6, 6.07) is 0. The number of rotatable bonds is 18. The van der Waals surface area contributed by atoms with Crippen molar-refractivity contribution in [2.24, 2.45) is 5.92 Å². The second-order valence-corrected chi connectivity index (χ2v) is 7.31. The molecule has 0 aromatic heterocycles. The lowest BCUT2D eigenvalue weighted by atomic mass is 9.95. The molecule has 0 amide bonds. The number of esters is 1. The number of aliphatic hydroxyl groups is 2. The summed E-state index contributed by atoms with van der Waals surface area (Å²) in [7, 11) is 0. The molecule has 0 radical (unpaired) electrons. The number of aliphatic hydroxyl groups excluding tert-OH is 2. The molecule has 0 heterocycles. The third-order valence-electron chi connectivity index (χ3n) is 4.84. The van der Waals surface area contributed by atoms with Gasteiger partial charge in [-0.1, -0.05) is 90.9 Å². The van der Waals surface area contributed by atoms with E-state index in [2.05, 4.69) is 13.8 Å². The van der Waals surface area contributed by atoms with Gasteiger partial charge in [0.2, 0.25) is 0 Å². The minimum atomic E-state index is -1.40. The Hall–Kier alpha value is -0.610. The first-order valence-corrected chi connectivity index (χ1v) is 10.6. The van der Waals surface area contributed by atoms with E-state index in [0.717, 1.165) is 12.8 Å². The zero-order valence-electron chi connectivity index (χ0n) is 16.7. The molecule has 0 aromatic carbocycles. The van der Waals surface area contributed by atoms with Gasteiger partial charge in [0.25, 0.3) is 0 Å². The fourth-order valence-electron chi connectivity index (χ4n) is 3.11. The van der Waals surface area contributed by atoms with Crippen LogP contribution in [0.5, 0.6) is 0 Å². The lowest BCUT2D eigenvalue weighted by molar-refractivity contribution is -0.157. The van der Waals surface area contributed by atoms with Gasteiger partial charge in [0.15, 0.2) is 6.10 Å². The minimum absolute atomic E-state index is 0.375. The van der Waals surface area contributed by atoms with Crippen molar-refractivity contribution in [2.45, 2.75) is 110 Å². The van der Waals surface area contributed by atoms with Gasteiger partial charge in [-0.2, -0.15) is 0 Å². The Morgan fingerprint density at radius 2 is 1.24 bits per heavy atom. The molecule has 2 unspecified atom stereocenters. The van der Waals surface area contributed by atoms with Crippen LogP contribution in [-0.2, 0) is 9.53 Å². The highest BCUT2D eigenvalue weighted by molar-refractivity contribution is 5.74. The molecule has 150 valence electrons. The normalized spacial score (nSPS) is 13.6. The average molecular weight is 359 g/mol. The maximum Gasteiger partial charge on any atom is 0.337 e. The highest BCUT2D eigenvalue weighted by Gasteiger charge is 2.17. The molecule has 0 fully saturated rings. The number of hydrogen-bond donors (Lipinski definition) is 2. The summed E-state index contributed by atoms with van der Waals surface area (Å²) in [6.07, 6.45) is 16.0. The molecule has 4 heteroatoms. The Morgan fingerprint density at radius 1 is 0.800 bits per heavy atom. The standard InChI is InChI=1S/C21H42O4/c1-3-5-7-9-10-12-14-16-19(15-13-11-8-6-4-2)18-25-21(24)20(23)17-22/h19-20,22-23H,3-18H2,1-2H3. The summed E-state index contributed by atoms with van der Waals surface area (Å²) in [4.78, 5) is 11.5. The third kappa shape index (κ3) is 15.4. The summed E-state index contributed by atoms with van der Waals surface area (Å²) in [6.45, 7) is 4.26. The SMILES string of the molecule is CCCCCCCCCC(CCCCCCC)COC(=O)C(O)CO. The Bertz CT molecular complexity index is 294. The smallest absolute Gasteiger partial charge is 0.337 e. The molecule has 0 aliphatic carbocycles. The predicted molar refractivity (Wildman–Crippen MR) is 104 cm³/mol. The van der Waals surface area contributed by atoms with Gasteiger partial charge in [0.05, 0.1) is 13.2 Å². The lowest BCUT2D eigenvalue weighted by Crippen LogP contribution is -2.28. The maximum atomic E-state index is 11.5. The summed E-state index contributed by atoms with van der Waals surface area (Å²) in [5.41, 5.74) is 0. The number of carbonyl (C=O) groups excluding carboxylic acids is 1. The van der Waals surface area contributed by atoms with Crippen LogP contribution < -0.4 is 0 Å². The summed E-state index contributed by atoms with van der Waals surface area (Å²) >= 11 is 0. The van der Waals surface area contributed by atoms with Gasteiger partial charge in [-0.15, -0.1) is 0 Å². The minimum Gasteiger partial charge on any atom is -0.463 e. The summed E-state index contributed by atoms with van der Waals surface area (Å²) < 4.78 is 5.20. The Kier molecular flexibility index (Phi) is 17.7. The Morgan fingerprint density at radius 3 is 1.68 bits per heavy atom. The van der Waals surface area contributed by atoms with E-state index < -0.39 is 18.7 Å². The highest BCUT2D eigenvalue weighted by Crippen LogP contribution is 2.20. The number of hydrogen-bond acceptors (Lipinski definition) is 4. The van der Waals surface area contributed by atoms with Crippen molar-refractivity contribution in [3.05, 3.63) is 0 Å². The molecule has 0 saturated carbocycles. The predicted octanol–water partition coefficient (Wildman–Crippen LogP) is 5.00. The second-order valence-electron chi connectivity index (χ2n) is 7.31. The maximum absolute atomic E-state index is 11.5. The van der Waals surface area contributed by atoms with Crippen molar-refractivity contribution >= 4 is 5.97 Å². The molecule has 2 atom stereocenters. The number of carbonyl (C=O) groups is 1. The zero-order chi connectivity index (χ0) is 18.8. The molecule has 0 rings (SSSR count). The molecule has 0 aliphatic rings. The van der Waals surface area contributed by atoms with Gasteiger partial charge in [0.1, 0.15) is 0 Å². The molecule has 25 heavy (non-hydrogen) atoms. The van der Waals surface area contributed by atoms with E-state index in [0.29, 0.717) is 12.5 Å². The summed E-state index contributed by atoms with van der Waals surface area (Å²) in [5, 5.41) is 18.1. The van der Waals surface area contributed by atoms with E-state index in [1.165, 1.54) is 77.0 Å². The monoisotopic (exact) mass is 358 g/mol. The van der Waals surface area contributed by atoms with Gasteiger partial charge in [-0.3, -0.25) is 0 Å². The van der Waals surface area contributed by atoms with Crippen molar-refractivity contribution in [2.75, 3.05) is 13.2 Å². The first-order valence-electron chi connectivity index (χ1n) is 10.6. The van der Waals surface area contributed by atoms with Crippen LogP contribution in [-0.4, -0.2) is 35.5 Å². The van der Waals surface area contributed by atoms with Gasteiger partial charge >= 0.3 is 5.97 Å². The van der Waals surface area contributed by atoms with Crippen molar-refractivity contribution in [1.82, 2.24) is 0 Å².